The van der Waals surface area contributed by atoms with Gasteiger partial charge in [0.25, 0.3) is 0 Å². The van der Waals surface area contributed by atoms with Gasteiger partial charge in [0.1, 0.15) is 5.76 Å². The Morgan fingerprint density at radius 1 is 1.65 bits per heavy atom. The molecule has 4 heteroatoms. The lowest BCUT2D eigenvalue weighted by atomic mass is 10.2. The summed E-state index contributed by atoms with van der Waals surface area (Å²) in [5.41, 5.74) is 0. The van der Waals surface area contributed by atoms with Crippen molar-refractivity contribution < 1.29 is 13.9 Å². The van der Waals surface area contributed by atoms with Crippen LogP contribution in [0.1, 0.15) is 19.1 Å². The lowest BCUT2D eigenvalue weighted by Crippen LogP contribution is -2.34. The van der Waals surface area contributed by atoms with E-state index >= 15 is 0 Å². The fraction of sp³-hybridized carbons (Fsp3) is 0.615. The van der Waals surface area contributed by atoms with E-state index < -0.39 is 0 Å². The molecule has 2 rings (SSSR count). The molecule has 1 aliphatic carbocycles. The molecule has 1 aliphatic rings. The van der Waals surface area contributed by atoms with Gasteiger partial charge in [-0.2, -0.15) is 0 Å². The molecule has 2 atom stereocenters. The van der Waals surface area contributed by atoms with Crippen LogP contribution >= 0.6 is 0 Å². The molecule has 1 saturated carbocycles. The second-order valence-corrected chi connectivity index (χ2v) is 4.65. The van der Waals surface area contributed by atoms with Gasteiger partial charge in [0.05, 0.1) is 19.4 Å². The predicted octanol–water partition coefficient (Wildman–Crippen LogP) is 1.91. The molecule has 0 radical (unpaired) electrons. The number of carbonyl (C=O) groups excluding carboxylic acids is 1. The van der Waals surface area contributed by atoms with Crippen molar-refractivity contribution in [3.8, 4) is 0 Å². The van der Waals surface area contributed by atoms with E-state index in [1.165, 1.54) is 0 Å². The first-order valence-electron chi connectivity index (χ1n) is 6.02. The zero-order valence-corrected chi connectivity index (χ0v) is 10.4. The van der Waals surface area contributed by atoms with Crippen LogP contribution < -0.4 is 0 Å². The highest BCUT2D eigenvalue weighted by Gasteiger charge is 2.41. The zero-order chi connectivity index (χ0) is 12.3. The molecule has 17 heavy (non-hydrogen) atoms. The van der Waals surface area contributed by atoms with E-state index in [0.717, 1.165) is 12.2 Å². The topological polar surface area (TPSA) is 42.7 Å². The number of methoxy groups -OCH3 is 1. The largest absolute Gasteiger partial charge is 0.467 e. The maximum Gasteiger partial charge on any atom is 0.226 e. The molecule has 0 spiro atoms. The monoisotopic (exact) mass is 237 g/mol. The maximum atomic E-state index is 12.2. The molecular formula is C13H19NO3. The van der Waals surface area contributed by atoms with Crippen LogP contribution in [0, 0.1) is 11.8 Å². The summed E-state index contributed by atoms with van der Waals surface area (Å²) in [5.74, 6) is 1.79. The van der Waals surface area contributed by atoms with Gasteiger partial charge in [-0.25, -0.2) is 0 Å². The lowest BCUT2D eigenvalue weighted by Gasteiger charge is -2.21. The minimum atomic E-state index is 0.210. The van der Waals surface area contributed by atoms with E-state index in [2.05, 4.69) is 6.92 Å². The van der Waals surface area contributed by atoms with Crippen LogP contribution in [0.5, 0.6) is 0 Å². The Bertz CT molecular complexity index is 361. The SMILES string of the molecule is COCCN(Cc1ccco1)C(=O)[C@@H]1C[C@H]1C. The molecule has 0 aliphatic heterocycles. The average Bonchev–Trinajstić information content (AvgIpc) is 2.84. The number of furan rings is 1. The predicted molar refractivity (Wildman–Crippen MR) is 63.3 cm³/mol. The molecule has 1 aromatic rings. The molecule has 0 saturated heterocycles. The highest BCUT2D eigenvalue weighted by Crippen LogP contribution is 2.39. The molecule has 1 amide bonds. The first kappa shape index (κ1) is 12.2. The van der Waals surface area contributed by atoms with Crippen molar-refractivity contribution in [1.82, 2.24) is 4.90 Å². The summed E-state index contributed by atoms with van der Waals surface area (Å²) in [6, 6.07) is 3.73. The molecule has 0 aromatic carbocycles. The van der Waals surface area contributed by atoms with Crippen LogP contribution in [0.25, 0.3) is 0 Å². The quantitative estimate of drug-likeness (QED) is 0.759. The summed E-state index contributed by atoms with van der Waals surface area (Å²) in [5, 5.41) is 0. The van der Waals surface area contributed by atoms with Crippen LogP contribution in [0.4, 0.5) is 0 Å². The van der Waals surface area contributed by atoms with Crippen molar-refractivity contribution in [2.45, 2.75) is 19.9 Å². The van der Waals surface area contributed by atoms with Crippen molar-refractivity contribution in [3.63, 3.8) is 0 Å². The van der Waals surface area contributed by atoms with Crippen LogP contribution in [0.15, 0.2) is 22.8 Å². The van der Waals surface area contributed by atoms with Gasteiger partial charge >= 0.3 is 0 Å². The van der Waals surface area contributed by atoms with Crippen LogP contribution in [0.2, 0.25) is 0 Å². The number of nitrogens with zero attached hydrogens (tertiary/aromatic N) is 1. The van der Waals surface area contributed by atoms with Crippen molar-refractivity contribution in [2.75, 3.05) is 20.3 Å². The zero-order valence-electron chi connectivity index (χ0n) is 10.4. The first-order valence-corrected chi connectivity index (χ1v) is 6.02. The summed E-state index contributed by atoms with van der Waals surface area (Å²) in [4.78, 5) is 14.0. The van der Waals surface area contributed by atoms with E-state index in [1.54, 1.807) is 13.4 Å². The van der Waals surface area contributed by atoms with Gasteiger partial charge in [0, 0.05) is 19.6 Å². The fourth-order valence-corrected chi connectivity index (χ4v) is 1.96. The summed E-state index contributed by atoms with van der Waals surface area (Å²) in [6.07, 6.45) is 2.65. The molecule has 0 unspecified atom stereocenters. The Morgan fingerprint density at radius 2 is 2.41 bits per heavy atom. The molecule has 1 aromatic heterocycles. The molecule has 4 nitrogen and oxygen atoms in total. The number of hydrogen-bond donors (Lipinski definition) is 0. The molecule has 1 fully saturated rings. The average molecular weight is 237 g/mol. The van der Waals surface area contributed by atoms with Crippen LogP contribution in [-0.4, -0.2) is 31.1 Å². The van der Waals surface area contributed by atoms with Gasteiger partial charge in [0.2, 0.25) is 5.91 Å². The minimum absolute atomic E-state index is 0.210. The van der Waals surface area contributed by atoms with E-state index in [9.17, 15) is 4.79 Å². The van der Waals surface area contributed by atoms with Gasteiger partial charge in [0.15, 0.2) is 0 Å². The Labute approximate surface area is 102 Å². The fourth-order valence-electron chi connectivity index (χ4n) is 1.96. The second-order valence-electron chi connectivity index (χ2n) is 4.65. The van der Waals surface area contributed by atoms with Gasteiger partial charge in [-0.15, -0.1) is 0 Å². The minimum Gasteiger partial charge on any atom is -0.467 e. The second kappa shape index (κ2) is 5.36. The lowest BCUT2D eigenvalue weighted by molar-refractivity contribution is -0.134. The summed E-state index contributed by atoms with van der Waals surface area (Å²) in [6.45, 7) is 3.84. The van der Waals surface area contributed by atoms with Crippen molar-refractivity contribution in [3.05, 3.63) is 24.2 Å². The summed E-state index contributed by atoms with van der Waals surface area (Å²) >= 11 is 0. The smallest absolute Gasteiger partial charge is 0.226 e. The number of rotatable bonds is 6. The number of ether oxygens (including phenoxy) is 1. The summed E-state index contributed by atoms with van der Waals surface area (Å²) < 4.78 is 10.3. The van der Waals surface area contributed by atoms with Gasteiger partial charge in [-0.3, -0.25) is 4.79 Å². The van der Waals surface area contributed by atoms with Crippen molar-refractivity contribution in [2.24, 2.45) is 11.8 Å². The first-order chi connectivity index (χ1) is 8.22. The van der Waals surface area contributed by atoms with Crippen LogP contribution in [-0.2, 0) is 16.1 Å². The third kappa shape index (κ3) is 3.09. The number of hydrogen-bond acceptors (Lipinski definition) is 3. The van der Waals surface area contributed by atoms with E-state index in [1.807, 2.05) is 17.0 Å². The molecule has 1 heterocycles. The normalized spacial score (nSPS) is 22.5. The molecular weight excluding hydrogens is 218 g/mol. The van der Waals surface area contributed by atoms with Gasteiger partial charge in [-0.1, -0.05) is 6.92 Å². The molecule has 0 N–H and O–H groups in total. The van der Waals surface area contributed by atoms with E-state index in [-0.39, 0.29) is 11.8 Å². The third-order valence-electron chi connectivity index (χ3n) is 3.23. The Morgan fingerprint density at radius 3 is 2.94 bits per heavy atom. The van der Waals surface area contributed by atoms with Crippen LogP contribution in [0.3, 0.4) is 0 Å². The summed E-state index contributed by atoms with van der Waals surface area (Å²) in [7, 11) is 1.65. The number of carbonyl (C=O) groups is 1. The van der Waals surface area contributed by atoms with E-state index in [4.69, 9.17) is 9.15 Å². The highest BCUT2D eigenvalue weighted by molar-refractivity contribution is 5.81. The maximum absolute atomic E-state index is 12.2. The van der Waals surface area contributed by atoms with Gasteiger partial charge < -0.3 is 14.1 Å². The van der Waals surface area contributed by atoms with Gasteiger partial charge in [-0.05, 0) is 24.5 Å². The van der Waals surface area contributed by atoms with E-state index in [0.29, 0.717) is 25.6 Å². The molecule has 94 valence electrons. The van der Waals surface area contributed by atoms with Crippen molar-refractivity contribution >= 4 is 5.91 Å². The standard InChI is InChI=1S/C13H19NO3/c1-10-8-12(10)13(15)14(5-7-16-2)9-11-4-3-6-17-11/h3-4,6,10,12H,5,7-9H2,1-2H3/t10-,12-/m1/s1. The molecule has 0 bridgehead atoms. The Hall–Kier alpha value is -1.29. The highest BCUT2D eigenvalue weighted by atomic mass is 16.5. The van der Waals surface area contributed by atoms with Crippen molar-refractivity contribution in [1.29, 1.82) is 0 Å². The number of amides is 1. The Kier molecular flexibility index (Phi) is 3.84. The Balaban J connectivity index is 1.95. The third-order valence-corrected chi connectivity index (χ3v) is 3.23.